The molecule has 1 aromatic carbocycles. The van der Waals surface area contributed by atoms with Crippen LogP contribution >= 0.6 is 11.6 Å². The first-order chi connectivity index (χ1) is 9.49. The van der Waals surface area contributed by atoms with Crippen LogP contribution in [-0.2, 0) is 11.2 Å². The van der Waals surface area contributed by atoms with Gasteiger partial charge in [0.15, 0.2) is 0 Å². The minimum absolute atomic E-state index is 0.00486. The van der Waals surface area contributed by atoms with Crippen molar-refractivity contribution in [2.24, 2.45) is 0 Å². The molecule has 1 N–H and O–H groups in total. The van der Waals surface area contributed by atoms with Gasteiger partial charge < -0.3 is 10.2 Å². The third-order valence-corrected chi connectivity index (χ3v) is 3.76. The first-order valence-electron chi connectivity index (χ1n) is 6.42. The van der Waals surface area contributed by atoms with E-state index in [0.717, 1.165) is 13.1 Å². The molecule has 0 saturated carbocycles. The van der Waals surface area contributed by atoms with Gasteiger partial charge in [0.1, 0.15) is 0 Å². The quantitative estimate of drug-likeness (QED) is 0.679. The van der Waals surface area contributed by atoms with Crippen LogP contribution in [0.25, 0.3) is 0 Å². The average Bonchev–Trinajstić information content (AvgIpc) is 2.41. The lowest BCUT2D eigenvalue weighted by molar-refractivity contribution is -0.384. The molecule has 0 bridgehead atoms. The fourth-order valence-electron chi connectivity index (χ4n) is 2.27. The highest BCUT2D eigenvalue weighted by molar-refractivity contribution is 6.31. The Bertz CT molecular complexity index is 536. The van der Waals surface area contributed by atoms with Crippen molar-refractivity contribution < 1.29 is 9.72 Å². The van der Waals surface area contributed by atoms with Crippen LogP contribution in [0.5, 0.6) is 0 Å². The third-order valence-electron chi connectivity index (χ3n) is 3.41. The van der Waals surface area contributed by atoms with E-state index in [9.17, 15) is 14.9 Å². The van der Waals surface area contributed by atoms with E-state index in [1.165, 1.54) is 12.1 Å². The number of carbonyl (C=O) groups excluding carboxylic acids is 1. The van der Waals surface area contributed by atoms with Crippen molar-refractivity contribution in [2.75, 3.05) is 19.6 Å². The number of halogens is 1. The Hall–Kier alpha value is -1.66. The highest BCUT2D eigenvalue weighted by Crippen LogP contribution is 2.23. The number of piperazine rings is 1. The molecular weight excluding hydrogens is 282 g/mol. The molecule has 2 rings (SSSR count). The number of nitro benzene ring substituents is 1. The number of nitrogens with zero attached hydrogens (tertiary/aromatic N) is 2. The van der Waals surface area contributed by atoms with E-state index in [1.807, 2.05) is 11.8 Å². The van der Waals surface area contributed by atoms with E-state index in [0.29, 0.717) is 12.1 Å². The molecule has 20 heavy (non-hydrogen) atoms. The Kier molecular flexibility index (Phi) is 4.57. The SMILES string of the molecule is CC1CNCCN1C(=O)Cc1ccc([N+](=O)[O-])cc1Cl. The standard InChI is InChI=1S/C13H16ClN3O3/c1-9-8-15-4-5-16(9)13(18)6-10-2-3-11(17(19)20)7-12(10)14/h2-3,7,9,15H,4-6,8H2,1H3. The Balaban J connectivity index is 2.09. The number of hydrogen-bond donors (Lipinski definition) is 1. The van der Waals surface area contributed by atoms with Crippen molar-refractivity contribution in [1.82, 2.24) is 10.2 Å². The van der Waals surface area contributed by atoms with Gasteiger partial charge in [0.25, 0.3) is 5.69 Å². The molecule has 6 nitrogen and oxygen atoms in total. The van der Waals surface area contributed by atoms with Crippen LogP contribution in [0.2, 0.25) is 5.02 Å². The molecule has 0 spiro atoms. The van der Waals surface area contributed by atoms with Crippen LogP contribution < -0.4 is 5.32 Å². The predicted molar refractivity (Wildman–Crippen MR) is 75.9 cm³/mol. The summed E-state index contributed by atoms with van der Waals surface area (Å²) in [6.45, 7) is 4.22. The molecule has 1 unspecified atom stereocenters. The summed E-state index contributed by atoms with van der Waals surface area (Å²) in [7, 11) is 0. The van der Waals surface area contributed by atoms with Crippen molar-refractivity contribution in [3.8, 4) is 0 Å². The smallest absolute Gasteiger partial charge is 0.270 e. The molecule has 7 heteroatoms. The van der Waals surface area contributed by atoms with Crippen molar-refractivity contribution >= 4 is 23.2 Å². The lowest BCUT2D eigenvalue weighted by atomic mass is 10.1. The lowest BCUT2D eigenvalue weighted by Crippen LogP contribution is -2.52. The van der Waals surface area contributed by atoms with Crippen LogP contribution in [-0.4, -0.2) is 41.4 Å². The number of nitrogens with one attached hydrogen (secondary N) is 1. The molecule has 0 aliphatic carbocycles. The number of benzene rings is 1. The summed E-state index contributed by atoms with van der Waals surface area (Å²) in [5.74, 6) is -0.00486. The maximum atomic E-state index is 12.3. The summed E-state index contributed by atoms with van der Waals surface area (Å²) in [6, 6.07) is 4.35. The van der Waals surface area contributed by atoms with Gasteiger partial charge in [-0.2, -0.15) is 0 Å². The second-order valence-electron chi connectivity index (χ2n) is 4.85. The van der Waals surface area contributed by atoms with Crippen molar-refractivity contribution in [3.05, 3.63) is 38.9 Å². The second-order valence-corrected chi connectivity index (χ2v) is 5.26. The largest absolute Gasteiger partial charge is 0.337 e. The monoisotopic (exact) mass is 297 g/mol. The topological polar surface area (TPSA) is 75.5 Å². The fourth-order valence-corrected chi connectivity index (χ4v) is 2.51. The first-order valence-corrected chi connectivity index (χ1v) is 6.80. The summed E-state index contributed by atoms with van der Waals surface area (Å²) < 4.78 is 0. The number of carbonyl (C=O) groups is 1. The lowest BCUT2D eigenvalue weighted by Gasteiger charge is -2.34. The van der Waals surface area contributed by atoms with E-state index >= 15 is 0 Å². The third kappa shape index (κ3) is 3.26. The molecule has 1 saturated heterocycles. The molecule has 1 amide bonds. The van der Waals surface area contributed by atoms with Crippen molar-refractivity contribution in [3.63, 3.8) is 0 Å². The highest BCUT2D eigenvalue weighted by atomic mass is 35.5. The Morgan fingerprint density at radius 2 is 2.35 bits per heavy atom. The summed E-state index contributed by atoms with van der Waals surface area (Å²) in [5.41, 5.74) is 0.551. The van der Waals surface area contributed by atoms with Gasteiger partial charge in [-0.05, 0) is 12.5 Å². The van der Waals surface area contributed by atoms with Crippen LogP contribution in [0.15, 0.2) is 18.2 Å². The zero-order valence-corrected chi connectivity index (χ0v) is 11.9. The summed E-state index contributed by atoms with van der Waals surface area (Å²) >= 11 is 6.01. The Morgan fingerprint density at radius 3 is 2.95 bits per heavy atom. The molecule has 1 fully saturated rings. The van der Waals surface area contributed by atoms with Gasteiger partial charge in [-0.25, -0.2) is 0 Å². The molecular formula is C13H16ClN3O3. The molecule has 1 aliphatic rings. The molecule has 1 aliphatic heterocycles. The van der Waals surface area contributed by atoms with E-state index in [2.05, 4.69) is 5.32 Å². The number of non-ortho nitro benzene ring substituents is 1. The molecule has 1 atom stereocenters. The molecule has 0 aromatic heterocycles. The maximum absolute atomic E-state index is 12.3. The zero-order chi connectivity index (χ0) is 14.7. The van der Waals surface area contributed by atoms with Crippen molar-refractivity contribution in [1.29, 1.82) is 0 Å². The van der Waals surface area contributed by atoms with Crippen LogP contribution in [0.4, 0.5) is 5.69 Å². The van der Waals surface area contributed by atoms with Gasteiger partial charge in [0.05, 0.1) is 16.4 Å². The van der Waals surface area contributed by atoms with E-state index < -0.39 is 4.92 Å². The predicted octanol–water partition coefficient (Wildman–Crippen LogP) is 1.61. The highest BCUT2D eigenvalue weighted by Gasteiger charge is 2.23. The number of amides is 1. The summed E-state index contributed by atoms with van der Waals surface area (Å²) in [4.78, 5) is 24.2. The van der Waals surface area contributed by atoms with Gasteiger partial charge >= 0.3 is 0 Å². The normalized spacial score (nSPS) is 18.9. The number of hydrogen-bond acceptors (Lipinski definition) is 4. The fraction of sp³-hybridized carbons (Fsp3) is 0.462. The second kappa shape index (κ2) is 6.19. The van der Waals surface area contributed by atoms with Crippen LogP contribution in [0.1, 0.15) is 12.5 Å². The summed E-state index contributed by atoms with van der Waals surface area (Å²) in [5, 5.41) is 14.1. The van der Waals surface area contributed by atoms with Gasteiger partial charge in [0, 0.05) is 37.8 Å². The molecule has 1 heterocycles. The number of nitro groups is 1. The van der Waals surface area contributed by atoms with Crippen LogP contribution in [0, 0.1) is 10.1 Å². The molecule has 0 radical (unpaired) electrons. The van der Waals surface area contributed by atoms with Gasteiger partial charge in [-0.3, -0.25) is 14.9 Å². The Morgan fingerprint density at radius 1 is 1.60 bits per heavy atom. The zero-order valence-electron chi connectivity index (χ0n) is 11.1. The Labute approximate surface area is 121 Å². The van der Waals surface area contributed by atoms with Crippen molar-refractivity contribution in [2.45, 2.75) is 19.4 Å². The van der Waals surface area contributed by atoms with Crippen LogP contribution in [0.3, 0.4) is 0 Å². The first kappa shape index (κ1) is 14.7. The van der Waals surface area contributed by atoms with Gasteiger partial charge in [-0.1, -0.05) is 17.7 Å². The van der Waals surface area contributed by atoms with E-state index in [-0.39, 0.29) is 29.1 Å². The van der Waals surface area contributed by atoms with E-state index in [1.54, 1.807) is 6.07 Å². The maximum Gasteiger partial charge on any atom is 0.270 e. The minimum atomic E-state index is -0.504. The van der Waals surface area contributed by atoms with Gasteiger partial charge in [-0.15, -0.1) is 0 Å². The molecule has 108 valence electrons. The average molecular weight is 298 g/mol. The minimum Gasteiger partial charge on any atom is -0.337 e. The van der Waals surface area contributed by atoms with Gasteiger partial charge in [0.2, 0.25) is 5.91 Å². The molecule has 1 aromatic rings. The van der Waals surface area contributed by atoms with E-state index in [4.69, 9.17) is 11.6 Å². The number of rotatable bonds is 3. The summed E-state index contributed by atoms with van der Waals surface area (Å²) in [6.07, 6.45) is 0.168.